The second-order valence-electron chi connectivity index (χ2n) is 5.05. The Bertz CT molecular complexity index is 785. The summed E-state index contributed by atoms with van der Waals surface area (Å²) in [5, 5.41) is 2.86. The molecule has 0 saturated heterocycles. The Morgan fingerprint density at radius 1 is 1.14 bits per heavy atom. The smallest absolute Gasteiger partial charge is 0.251 e. The summed E-state index contributed by atoms with van der Waals surface area (Å²) in [5.74, 6) is -0.305. The largest absolute Gasteiger partial charge is 0.346 e. The molecule has 1 atom stereocenters. The number of benzene rings is 2. The molecule has 1 amide bonds. The number of carbonyl (C=O) groups excluding carboxylic acids is 1. The van der Waals surface area contributed by atoms with Gasteiger partial charge in [0.15, 0.2) is 9.84 Å². The number of rotatable bonds is 4. The summed E-state index contributed by atoms with van der Waals surface area (Å²) in [4.78, 5) is 12.4. The van der Waals surface area contributed by atoms with Crippen molar-refractivity contribution in [2.24, 2.45) is 0 Å². The number of halogens is 1. The Kier molecular flexibility index (Phi) is 5.03. The highest BCUT2D eigenvalue weighted by atomic mass is 79.9. The van der Waals surface area contributed by atoms with Gasteiger partial charge in [-0.25, -0.2) is 8.42 Å². The highest BCUT2D eigenvalue weighted by Crippen LogP contribution is 2.18. The maximum absolute atomic E-state index is 12.3. The molecule has 1 unspecified atom stereocenters. The van der Waals surface area contributed by atoms with Crippen molar-refractivity contribution < 1.29 is 13.2 Å². The Hall–Kier alpha value is -1.66. The van der Waals surface area contributed by atoms with Crippen LogP contribution in [0.25, 0.3) is 0 Å². The number of nitrogens with one attached hydrogen (secondary N) is 1. The van der Waals surface area contributed by atoms with E-state index in [1.165, 1.54) is 12.1 Å². The third kappa shape index (κ3) is 4.18. The minimum Gasteiger partial charge on any atom is -0.346 e. The normalized spacial score (nSPS) is 12.7. The second-order valence-corrected chi connectivity index (χ2v) is 7.98. The van der Waals surface area contributed by atoms with Crippen molar-refractivity contribution in [1.29, 1.82) is 0 Å². The molecular formula is C16H16BrNO3S. The average Bonchev–Trinajstić information content (AvgIpc) is 2.47. The molecule has 0 fully saturated rings. The third-order valence-electron chi connectivity index (χ3n) is 3.24. The first-order chi connectivity index (χ1) is 10.3. The number of hydrogen-bond donors (Lipinski definition) is 1. The van der Waals surface area contributed by atoms with Gasteiger partial charge in [0.1, 0.15) is 0 Å². The van der Waals surface area contributed by atoms with E-state index in [0.29, 0.717) is 5.56 Å². The fourth-order valence-corrected chi connectivity index (χ4v) is 2.91. The van der Waals surface area contributed by atoms with Crippen molar-refractivity contribution in [3.63, 3.8) is 0 Å². The minimum atomic E-state index is -3.33. The van der Waals surface area contributed by atoms with Crippen molar-refractivity contribution in [1.82, 2.24) is 5.32 Å². The van der Waals surface area contributed by atoms with Crippen molar-refractivity contribution in [2.75, 3.05) is 6.26 Å². The van der Waals surface area contributed by atoms with Crippen LogP contribution in [0.4, 0.5) is 0 Å². The Morgan fingerprint density at radius 3 is 2.36 bits per heavy atom. The Morgan fingerprint density at radius 2 is 1.77 bits per heavy atom. The lowest BCUT2D eigenvalue weighted by molar-refractivity contribution is 0.0939. The molecule has 2 aromatic carbocycles. The molecule has 4 nitrogen and oxygen atoms in total. The van der Waals surface area contributed by atoms with Crippen molar-refractivity contribution in [2.45, 2.75) is 17.9 Å². The van der Waals surface area contributed by atoms with Crippen LogP contribution in [0.3, 0.4) is 0 Å². The number of amides is 1. The second kappa shape index (κ2) is 6.62. The molecular weight excluding hydrogens is 366 g/mol. The summed E-state index contributed by atoms with van der Waals surface area (Å²) < 4.78 is 24.1. The van der Waals surface area contributed by atoms with E-state index in [9.17, 15) is 13.2 Å². The van der Waals surface area contributed by atoms with Crippen molar-refractivity contribution in [3.05, 3.63) is 64.1 Å². The van der Waals surface area contributed by atoms with E-state index in [1.54, 1.807) is 12.1 Å². The van der Waals surface area contributed by atoms with Crippen LogP contribution < -0.4 is 5.32 Å². The first-order valence-corrected chi connectivity index (χ1v) is 9.32. The van der Waals surface area contributed by atoms with Crippen LogP contribution in [-0.2, 0) is 9.84 Å². The first kappa shape index (κ1) is 16.7. The zero-order valence-electron chi connectivity index (χ0n) is 12.2. The summed E-state index contributed by atoms with van der Waals surface area (Å²) in [5.41, 5.74) is 1.29. The van der Waals surface area contributed by atoms with Crippen LogP contribution in [0.5, 0.6) is 0 Å². The van der Waals surface area contributed by atoms with E-state index in [-0.39, 0.29) is 16.8 Å². The van der Waals surface area contributed by atoms with Crippen LogP contribution >= 0.6 is 15.9 Å². The lowest BCUT2D eigenvalue weighted by atomic mass is 10.1. The lowest BCUT2D eigenvalue weighted by Gasteiger charge is -2.14. The molecule has 2 aromatic rings. The van der Waals surface area contributed by atoms with Crippen LogP contribution in [-0.4, -0.2) is 20.6 Å². The van der Waals surface area contributed by atoms with Crippen LogP contribution in [0.1, 0.15) is 28.9 Å². The van der Waals surface area contributed by atoms with E-state index in [0.717, 1.165) is 16.3 Å². The fraction of sp³-hybridized carbons (Fsp3) is 0.188. The van der Waals surface area contributed by atoms with E-state index >= 15 is 0 Å². The van der Waals surface area contributed by atoms with Gasteiger partial charge in [-0.3, -0.25) is 4.79 Å². The monoisotopic (exact) mass is 381 g/mol. The minimum absolute atomic E-state index is 0.136. The fourth-order valence-electron chi connectivity index (χ4n) is 1.98. The van der Waals surface area contributed by atoms with Crippen molar-refractivity contribution >= 4 is 31.7 Å². The van der Waals surface area contributed by atoms with E-state index < -0.39 is 9.84 Å². The molecule has 0 aromatic heterocycles. The number of carbonyl (C=O) groups is 1. The maximum Gasteiger partial charge on any atom is 0.251 e. The van der Waals surface area contributed by atoms with Crippen LogP contribution in [0.15, 0.2) is 57.9 Å². The molecule has 0 spiro atoms. The van der Waals surface area contributed by atoms with Gasteiger partial charge < -0.3 is 5.32 Å². The van der Waals surface area contributed by atoms with Gasteiger partial charge in [-0.15, -0.1) is 0 Å². The topological polar surface area (TPSA) is 63.2 Å². The average molecular weight is 382 g/mol. The molecule has 1 N–H and O–H groups in total. The van der Waals surface area contributed by atoms with Crippen LogP contribution in [0.2, 0.25) is 0 Å². The molecule has 0 heterocycles. The molecule has 0 saturated carbocycles. The summed E-state index contributed by atoms with van der Waals surface area (Å²) in [6.45, 7) is 1.88. The molecule has 22 heavy (non-hydrogen) atoms. The molecule has 0 radical (unpaired) electrons. The van der Waals surface area contributed by atoms with Gasteiger partial charge in [-0.1, -0.05) is 34.1 Å². The number of hydrogen-bond acceptors (Lipinski definition) is 3. The zero-order valence-corrected chi connectivity index (χ0v) is 14.6. The number of sulfone groups is 1. The summed E-state index contributed by atoms with van der Waals surface area (Å²) in [7, 11) is -3.33. The third-order valence-corrected chi connectivity index (χ3v) is 4.88. The summed E-state index contributed by atoms with van der Waals surface area (Å²) in [6.07, 6.45) is 1.12. The SMILES string of the molecule is CC(NC(=O)c1cccc(S(C)(=O)=O)c1)c1ccc(Br)cc1. The van der Waals surface area contributed by atoms with Crippen molar-refractivity contribution in [3.8, 4) is 0 Å². The Balaban J connectivity index is 2.17. The predicted octanol–water partition coefficient (Wildman–Crippen LogP) is 3.34. The molecule has 6 heteroatoms. The van der Waals surface area contributed by atoms with Gasteiger partial charge in [0.25, 0.3) is 5.91 Å². The van der Waals surface area contributed by atoms with E-state index in [4.69, 9.17) is 0 Å². The maximum atomic E-state index is 12.3. The van der Waals surface area contributed by atoms with Gasteiger partial charge in [0, 0.05) is 16.3 Å². The van der Waals surface area contributed by atoms with Gasteiger partial charge in [-0.2, -0.15) is 0 Å². The highest BCUT2D eigenvalue weighted by Gasteiger charge is 2.14. The van der Waals surface area contributed by atoms with Gasteiger partial charge >= 0.3 is 0 Å². The zero-order chi connectivity index (χ0) is 16.3. The molecule has 0 bridgehead atoms. The molecule has 116 valence electrons. The van der Waals surface area contributed by atoms with Gasteiger partial charge in [-0.05, 0) is 42.8 Å². The molecule has 0 aliphatic carbocycles. The van der Waals surface area contributed by atoms with E-state index in [2.05, 4.69) is 21.2 Å². The molecule has 0 aliphatic heterocycles. The standard InChI is InChI=1S/C16H16BrNO3S/c1-11(12-6-8-14(17)9-7-12)18-16(19)13-4-3-5-15(10-13)22(2,20)21/h3-11H,1-2H3,(H,18,19). The molecule has 0 aliphatic rings. The quantitative estimate of drug-likeness (QED) is 0.882. The first-order valence-electron chi connectivity index (χ1n) is 6.64. The van der Waals surface area contributed by atoms with Gasteiger partial charge in [0.2, 0.25) is 0 Å². The van der Waals surface area contributed by atoms with Crippen LogP contribution in [0, 0.1) is 0 Å². The lowest BCUT2D eigenvalue weighted by Crippen LogP contribution is -2.26. The summed E-state index contributed by atoms with van der Waals surface area (Å²) >= 11 is 3.36. The molecule has 2 rings (SSSR count). The van der Waals surface area contributed by atoms with Gasteiger partial charge in [0.05, 0.1) is 10.9 Å². The summed E-state index contributed by atoms with van der Waals surface area (Å²) in [6, 6.07) is 13.5. The van der Waals surface area contributed by atoms with E-state index in [1.807, 2.05) is 31.2 Å². The predicted molar refractivity (Wildman–Crippen MR) is 89.6 cm³/mol. The highest BCUT2D eigenvalue weighted by molar-refractivity contribution is 9.10. The Labute approximate surface area is 138 Å².